The van der Waals surface area contributed by atoms with E-state index in [0.717, 1.165) is 51.7 Å². The number of nitrogens with zero attached hydrogens (tertiary/aromatic N) is 2. The van der Waals surface area contributed by atoms with E-state index in [2.05, 4.69) is 45.1 Å². The molecular weight excluding hydrogens is 555 g/mol. The molecule has 1 aromatic heterocycles. The van der Waals surface area contributed by atoms with Crippen molar-refractivity contribution < 1.29 is 14.2 Å². The molecule has 204 valence electrons. The zero-order chi connectivity index (χ0) is 27.2. The third-order valence-electron chi connectivity index (χ3n) is 8.01. The summed E-state index contributed by atoms with van der Waals surface area (Å²) < 4.78 is 20.5. The number of aryl methyl sites for hydroxylation is 1. The van der Waals surface area contributed by atoms with E-state index in [1.807, 2.05) is 42.5 Å². The van der Waals surface area contributed by atoms with Crippen LogP contribution in [0.4, 0.5) is 4.39 Å². The number of pyridine rings is 1. The molecule has 2 atom stereocenters. The Morgan fingerprint density at radius 2 is 1.72 bits per heavy atom. The van der Waals surface area contributed by atoms with Crippen LogP contribution in [0.25, 0.3) is 10.9 Å². The number of ether oxygens (including phenoxy) is 1. The van der Waals surface area contributed by atoms with Crippen molar-refractivity contribution in [3.05, 3.63) is 106 Å². The van der Waals surface area contributed by atoms with E-state index in [4.69, 9.17) is 9.72 Å². The summed E-state index contributed by atoms with van der Waals surface area (Å²) >= 11 is 3.60. The summed E-state index contributed by atoms with van der Waals surface area (Å²) in [6.45, 7) is 2.95. The maximum Gasteiger partial charge on any atom is 0.217 e. The normalized spacial score (nSPS) is 16.6. The minimum Gasteiger partial charge on any atom is -0.481 e. The van der Waals surface area contributed by atoms with Crippen LogP contribution < -0.4 is 4.74 Å². The summed E-state index contributed by atoms with van der Waals surface area (Å²) in [5.74, 6) is -0.0916. The van der Waals surface area contributed by atoms with Crippen molar-refractivity contribution in [2.45, 2.75) is 50.0 Å². The fourth-order valence-corrected chi connectivity index (χ4v) is 6.28. The Kier molecular flexibility index (Phi) is 8.96. The van der Waals surface area contributed by atoms with E-state index in [-0.39, 0.29) is 11.7 Å². The molecule has 4 nitrogen and oxygen atoms in total. The molecule has 1 aliphatic rings. The zero-order valence-corrected chi connectivity index (χ0v) is 24.0. The van der Waals surface area contributed by atoms with Gasteiger partial charge in [-0.25, -0.2) is 9.37 Å². The summed E-state index contributed by atoms with van der Waals surface area (Å²) in [6, 6.07) is 24.9. The van der Waals surface area contributed by atoms with Crippen molar-refractivity contribution in [2.75, 3.05) is 26.7 Å². The van der Waals surface area contributed by atoms with Crippen molar-refractivity contribution in [3.63, 3.8) is 0 Å². The fraction of sp³-hybridized carbons (Fsp3) is 0.364. The molecule has 4 aromatic rings. The van der Waals surface area contributed by atoms with E-state index in [0.29, 0.717) is 25.1 Å². The number of aliphatic hydroxyl groups is 1. The quantitative estimate of drug-likeness (QED) is 0.207. The smallest absolute Gasteiger partial charge is 0.217 e. The van der Waals surface area contributed by atoms with Crippen LogP contribution in [-0.2, 0) is 6.42 Å². The van der Waals surface area contributed by atoms with Crippen LogP contribution in [-0.4, -0.2) is 47.3 Å². The predicted molar refractivity (Wildman–Crippen MR) is 159 cm³/mol. The molecule has 2 heterocycles. The molecule has 5 rings (SSSR count). The topological polar surface area (TPSA) is 45.6 Å². The molecule has 1 N–H and O–H groups in total. The largest absolute Gasteiger partial charge is 0.481 e. The lowest BCUT2D eigenvalue weighted by Crippen LogP contribution is -2.42. The second-order valence-electron chi connectivity index (χ2n) is 10.6. The molecule has 0 bridgehead atoms. The van der Waals surface area contributed by atoms with Crippen LogP contribution in [0.15, 0.2) is 83.3 Å². The third-order valence-corrected chi connectivity index (χ3v) is 8.51. The van der Waals surface area contributed by atoms with Gasteiger partial charge in [-0.2, -0.15) is 0 Å². The van der Waals surface area contributed by atoms with Gasteiger partial charge in [-0.05, 0) is 92.7 Å². The first kappa shape index (κ1) is 27.8. The standard InChI is InChI=1S/C33H36BrFN2O2/c1-39-32-29(23-26-22-27(34)12-15-30(26)36-32)31(25-8-4-2-5-9-25)33(38,18-21-37-19-6-3-7-20-37)17-16-24-10-13-28(35)14-11-24/h2,4-5,8-15,22-23,31,38H,3,6-7,16-21H2,1H3. The number of methoxy groups -OCH3 is 1. The molecule has 1 saturated heterocycles. The van der Waals surface area contributed by atoms with Gasteiger partial charge in [0.2, 0.25) is 5.88 Å². The lowest BCUT2D eigenvalue weighted by molar-refractivity contribution is -0.00375. The van der Waals surface area contributed by atoms with Crippen molar-refractivity contribution in [2.24, 2.45) is 0 Å². The molecule has 6 heteroatoms. The summed E-state index contributed by atoms with van der Waals surface area (Å²) in [5.41, 5.74) is 2.64. The molecule has 0 radical (unpaired) electrons. The monoisotopic (exact) mass is 590 g/mol. The van der Waals surface area contributed by atoms with Crippen LogP contribution >= 0.6 is 15.9 Å². The minimum atomic E-state index is -1.10. The lowest BCUT2D eigenvalue weighted by Gasteiger charge is -2.40. The molecular formula is C33H36BrFN2O2. The lowest BCUT2D eigenvalue weighted by atomic mass is 9.72. The number of halogens is 2. The highest BCUT2D eigenvalue weighted by Gasteiger charge is 2.40. The molecule has 0 saturated carbocycles. The van der Waals surface area contributed by atoms with Crippen LogP contribution in [0.2, 0.25) is 0 Å². The van der Waals surface area contributed by atoms with E-state index in [1.165, 1.54) is 31.4 Å². The highest BCUT2D eigenvalue weighted by Crippen LogP contribution is 2.44. The van der Waals surface area contributed by atoms with Crippen molar-refractivity contribution in [3.8, 4) is 5.88 Å². The number of benzene rings is 3. The predicted octanol–water partition coefficient (Wildman–Crippen LogP) is 7.52. The number of hydrogen-bond acceptors (Lipinski definition) is 4. The van der Waals surface area contributed by atoms with Crippen LogP contribution in [0, 0.1) is 5.82 Å². The molecule has 0 aliphatic carbocycles. The molecule has 3 aromatic carbocycles. The third kappa shape index (κ3) is 6.68. The highest BCUT2D eigenvalue weighted by molar-refractivity contribution is 9.10. The second kappa shape index (κ2) is 12.6. The Balaban J connectivity index is 1.60. The Labute approximate surface area is 239 Å². The Morgan fingerprint density at radius 1 is 0.974 bits per heavy atom. The van der Waals surface area contributed by atoms with Gasteiger partial charge >= 0.3 is 0 Å². The van der Waals surface area contributed by atoms with Gasteiger partial charge in [-0.3, -0.25) is 0 Å². The summed E-state index contributed by atoms with van der Waals surface area (Å²) in [5, 5.41) is 13.8. The summed E-state index contributed by atoms with van der Waals surface area (Å²) in [6.07, 6.45) is 5.43. The number of piperidine rings is 1. The van der Waals surface area contributed by atoms with Crippen LogP contribution in [0.5, 0.6) is 5.88 Å². The zero-order valence-electron chi connectivity index (χ0n) is 22.5. The second-order valence-corrected chi connectivity index (χ2v) is 11.6. The Bertz CT molecular complexity index is 1380. The van der Waals surface area contributed by atoms with Gasteiger partial charge in [0.25, 0.3) is 0 Å². The first-order chi connectivity index (χ1) is 18.9. The molecule has 0 amide bonds. The van der Waals surface area contributed by atoms with Gasteiger partial charge in [0.1, 0.15) is 5.82 Å². The maximum atomic E-state index is 13.6. The SMILES string of the molecule is COc1nc2ccc(Br)cc2cc1C(c1ccccc1)C(O)(CCc1ccc(F)cc1)CCN1CCCCC1. The first-order valence-corrected chi connectivity index (χ1v) is 14.6. The molecule has 39 heavy (non-hydrogen) atoms. The fourth-order valence-electron chi connectivity index (χ4n) is 5.90. The van der Waals surface area contributed by atoms with Crippen molar-refractivity contribution >= 4 is 26.8 Å². The first-order valence-electron chi connectivity index (χ1n) is 13.8. The molecule has 1 fully saturated rings. The van der Waals surface area contributed by atoms with Crippen molar-refractivity contribution in [1.29, 1.82) is 0 Å². The number of fused-ring (bicyclic) bond motifs is 1. The Morgan fingerprint density at radius 3 is 2.44 bits per heavy atom. The molecule has 2 unspecified atom stereocenters. The number of hydrogen-bond donors (Lipinski definition) is 1. The van der Waals surface area contributed by atoms with Gasteiger partial charge < -0.3 is 14.7 Å². The van der Waals surface area contributed by atoms with E-state index >= 15 is 0 Å². The average molecular weight is 592 g/mol. The molecule has 0 spiro atoms. The number of aromatic nitrogens is 1. The molecule has 1 aliphatic heterocycles. The van der Waals surface area contributed by atoms with E-state index < -0.39 is 5.60 Å². The van der Waals surface area contributed by atoms with E-state index in [1.54, 1.807) is 7.11 Å². The summed E-state index contributed by atoms with van der Waals surface area (Å²) in [7, 11) is 1.64. The van der Waals surface area contributed by atoms with Gasteiger partial charge in [-0.1, -0.05) is 64.8 Å². The van der Waals surface area contributed by atoms with Gasteiger partial charge in [-0.15, -0.1) is 0 Å². The highest BCUT2D eigenvalue weighted by atomic mass is 79.9. The van der Waals surface area contributed by atoms with Crippen molar-refractivity contribution in [1.82, 2.24) is 9.88 Å². The summed E-state index contributed by atoms with van der Waals surface area (Å²) in [4.78, 5) is 7.34. The number of likely N-dealkylation sites (tertiary alicyclic amines) is 1. The minimum absolute atomic E-state index is 0.251. The Hall–Kier alpha value is -2.80. The van der Waals surface area contributed by atoms with E-state index in [9.17, 15) is 9.50 Å². The van der Waals surface area contributed by atoms with Crippen LogP contribution in [0.3, 0.4) is 0 Å². The van der Waals surface area contributed by atoms with Gasteiger partial charge in [0, 0.05) is 27.9 Å². The van der Waals surface area contributed by atoms with Gasteiger partial charge in [0.05, 0.1) is 18.2 Å². The number of rotatable bonds is 10. The van der Waals surface area contributed by atoms with Crippen LogP contribution in [0.1, 0.15) is 54.7 Å². The average Bonchev–Trinajstić information content (AvgIpc) is 2.97. The van der Waals surface area contributed by atoms with Gasteiger partial charge in [0.15, 0.2) is 0 Å². The maximum absolute atomic E-state index is 13.6.